The van der Waals surface area contributed by atoms with Gasteiger partial charge in [0.1, 0.15) is 17.3 Å². The Hall–Kier alpha value is -0.640. The second kappa shape index (κ2) is 6.00. The first-order valence-electron chi connectivity index (χ1n) is 7.51. The molecule has 0 bridgehead atoms. The molecule has 0 N–H and O–H groups in total. The van der Waals surface area contributed by atoms with E-state index < -0.39 is 11.6 Å². The van der Waals surface area contributed by atoms with E-state index >= 15 is 0 Å². The Morgan fingerprint density at radius 1 is 1.05 bits per heavy atom. The number of hydrogen-bond acceptors (Lipinski definition) is 1. The number of rotatable bonds is 2. The van der Waals surface area contributed by atoms with E-state index in [9.17, 15) is 8.78 Å². The lowest BCUT2D eigenvalue weighted by atomic mass is 9.78. The Bertz CT molecular complexity index is 466. The minimum Gasteiger partial charge on any atom is -0.364 e. The van der Waals surface area contributed by atoms with Crippen LogP contribution in [0.2, 0.25) is 0 Å². The maximum atomic E-state index is 14.3. The topological polar surface area (TPSA) is 3.24 Å². The lowest BCUT2D eigenvalue weighted by Crippen LogP contribution is -2.47. The van der Waals surface area contributed by atoms with E-state index in [1.165, 1.54) is 37.8 Å². The summed E-state index contributed by atoms with van der Waals surface area (Å²) in [6, 6.07) is 3.25. The maximum Gasteiger partial charge on any atom is 0.149 e. The van der Waals surface area contributed by atoms with Crippen LogP contribution in [0.4, 0.5) is 14.5 Å². The lowest BCUT2D eigenvalue weighted by molar-refractivity contribution is 0.241. The number of nitrogens with zero attached hydrogens (tertiary/aromatic N) is 1. The summed E-state index contributed by atoms with van der Waals surface area (Å²) in [6.07, 6.45) is 6.99. The Morgan fingerprint density at radius 2 is 1.70 bits per heavy atom. The molecule has 2 aliphatic rings. The lowest BCUT2D eigenvalue weighted by Gasteiger charge is -2.45. The van der Waals surface area contributed by atoms with Gasteiger partial charge in [0.25, 0.3) is 0 Å². The van der Waals surface area contributed by atoms with E-state index in [-0.39, 0.29) is 5.69 Å². The van der Waals surface area contributed by atoms with Gasteiger partial charge in [-0.1, -0.05) is 28.8 Å². The molecule has 1 aliphatic carbocycles. The van der Waals surface area contributed by atoms with Gasteiger partial charge in [0.2, 0.25) is 0 Å². The second-order valence-electron chi connectivity index (χ2n) is 5.99. The van der Waals surface area contributed by atoms with Crippen LogP contribution in [0.1, 0.15) is 44.1 Å². The second-order valence-corrected chi connectivity index (χ2v) is 6.55. The molecule has 3 rings (SSSR count). The molecular formula is C16H20BrF2N. The summed E-state index contributed by atoms with van der Waals surface area (Å²) >= 11 is 3.25. The zero-order valence-electron chi connectivity index (χ0n) is 11.5. The molecule has 20 heavy (non-hydrogen) atoms. The summed E-state index contributed by atoms with van der Waals surface area (Å²) in [5.74, 6) is -0.205. The van der Waals surface area contributed by atoms with Crippen molar-refractivity contribution in [3.63, 3.8) is 0 Å². The number of anilines is 1. The molecule has 2 atom stereocenters. The summed E-state index contributed by atoms with van der Waals surface area (Å²) in [7, 11) is 0. The summed E-state index contributed by atoms with van der Waals surface area (Å²) in [4.78, 5) is 2.01. The number of piperidine rings is 1. The highest BCUT2D eigenvalue weighted by Gasteiger charge is 2.35. The fourth-order valence-electron chi connectivity index (χ4n) is 3.87. The molecule has 110 valence electrons. The van der Waals surface area contributed by atoms with Crippen molar-refractivity contribution in [1.29, 1.82) is 0 Å². The number of halogens is 3. The number of benzene rings is 1. The van der Waals surface area contributed by atoms with Crippen LogP contribution >= 0.6 is 15.9 Å². The Balaban J connectivity index is 1.94. The van der Waals surface area contributed by atoms with Crippen molar-refractivity contribution in [3.8, 4) is 0 Å². The van der Waals surface area contributed by atoms with Gasteiger partial charge < -0.3 is 4.90 Å². The van der Waals surface area contributed by atoms with Crippen LogP contribution in [-0.4, -0.2) is 12.6 Å². The van der Waals surface area contributed by atoms with Gasteiger partial charge in [0.15, 0.2) is 0 Å². The molecule has 1 aliphatic heterocycles. The molecule has 4 heteroatoms. The first kappa shape index (κ1) is 14.3. The van der Waals surface area contributed by atoms with Crippen LogP contribution in [0, 0.1) is 17.6 Å². The van der Waals surface area contributed by atoms with E-state index in [1.54, 1.807) is 0 Å². The average Bonchev–Trinajstić information content (AvgIpc) is 2.46. The summed E-state index contributed by atoms with van der Waals surface area (Å²) in [5, 5.41) is 0.479. The fourth-order valence-corrected chi connectivity index (χ4v) is 4.20. The van der Waals surface area contributed by atoms with Crippen molar-refractivity contribution < 1.29 is 8.78 Å². The molecular weight excluding hydrogens is 324 g/mol. The van der Waals surface area contributed by atoms with Crippen LogP contribution in [-0.2, 0) is 5.33 Å². The van der Waals surface area contributed by atoms with E-state index in [0.717, 1.165) is 19.4 Å². The standard InChI is InChI=1S/C16H20BrF2N/c17-10-11-8-13(18)16(14(19)9-11)20-7-3-5-12-4-1-2-6-15(12)20/h8-9,12,15H,1-7,10H2. The van der Waals surface area contributed by atoms with Crippen molar-refractivity contribution in [2.24, 2.45) is 5.92 Å². The molecule has 0 aromatic heterocycles. The molecule has 1 nitrogen and oxygen atoms in total. The zero-order chi connectivity index (χ0) is 14.1. The van der Waals surface area contributed by atoms with Crippen molar-refractivity contribution >= 4 is 21.6 Å². The van der Waals surface area contributed by atoms with Crippen molar-refractivity contribution in [2.45, 2.75) is 49.9 Å². The molecule has 0 radical (unpaired) electrons. The van der Waals surface area contributed by atoms with Gasteiger partial charge in [0.05, 0.1) is 0 Å². The normalized spacial score (nSPS) is 26.4. The van der Waals surface area contributed by atoms with E-state index in [0.29, 0.717) is 22.9 Å². The molecule has 1 heterocycles. The first-order valence-corrected chi connectivity index (χ1v) is 8.63. The molecule has 0 amide bonds. The number of fused-ring (bicyclic) bond motifs is 1. The third-order valence-electron chi connectivity index (χ3n) is 4.76. The summed E-state index contributed by atoms with van der Waals surface area (Å²) in [5.41, 5.74) is 0.854. The molecule has 0 spiro atoms. The SMILES string of the molecule is Fc1cc(CBr)cc(F)c1N1CCCC2CCCCC21. The van der Waals surface area contributed by atoms with E-state index in [4.69, 9.17) is 0 Å². The van der Waals surface area contributed by atoms with Gasteiger partial charge in [-0.25, -0.2) is 8.78 Å². The first-order chi connectivity index (χ1) is 9.70. The van der Waals surface area contributed by atoms with E-state index in [1.807, 2.05) is 4.90 Å². The minimum absolute atomic E-state index is 0.200. The highest BCUT2D eigenvalue weighted by atomic mass is 79.9. The molecule has 1 aromatic rings. The van der Waals surface area contributed by atoms with Crippen LogP contribution in [0.15, 0.2) is 12.1 Å². The summed E-state index contributed by atoms with van der Waals surface area (Å²) < 4.78 is 28.7. The van der Waals surface area contributed by atoms with Crippen LogP contribution in [0.5, 0.6) is 0 Å². The Morgan fingerprint density at radius 3 is 2.40 bits per heavy atom. The van der Waals surface area contributed by atoms with E-state index in [2.05, 4.69) is 15.9 Å². The predicted octanol–water partition coefficient (Wildman–Crippen LogP) is 5.02. The van der Waals surface area contributed by atoms with Crippen molar-refractivity contribution in [3.05, 3.63) is 29.3 Å². The third-order valence-corrected chi connectivity index (χ3v) is 5.41. The van der Waals surface area contributed by atoms with Crippen LogP contribution in [0.25, 0.3) is 0 Å². The highest BCUT2D eigenvalue weighted by Crippen LogP contribution is 2.39. The van der Waals surface area contributed by atoms with Crippen molar-refractivity contribution in [1.82, 2.24) is 0 Å². The maximum absolute atomic E-state index is 14.3. The fraction of sp³-hybridized carbons (Fsp3) is 0.625. The molecule has 2 fully saturated rings. The summed E-state index contributed by atoms with van der Waals surface area (Å²) in [6.45, 7) is 0.780. The van der Waals surface area contributed by atoms with Gasteiger partial charge in [-0.3, -0.25) is 0 Å². The average molecular weight is 344 g/mol. The number of alkyl halides is 1. The van der Waals surface area contributed by atoms with Crippen LogP contribution in [0.3, 0.4) is 0 Å². The quantitative estimate of drug-likeness (QED) is 0.681. The number of hydrogen-bond donors (Lipinski definition) is 0. The van der Waals surface area contributed by atoms with Gasteiger partial charge in [-0.05, 0) is 49.3 Å². The molecule has 1 saturated heterocycles. The van der Waals surface area contributed by atoms with Gasteiger partial charge in [-0.2, -0.15) is 0 Å². The van der Waals surface area contributed by atoms with Gasteiger partial charge >= 0.3 is 0 Å². The molecule has 1 aromatic carbocycles. The minimum atomic E-state index is -0.411. The largest absolute Gasteiger partial charge is 0.364 e. The predicted molar refractivity (Wildman–Crippen MR) is 81.3 cm³/mol. The molecule has 2 unspecified atom stereocenters. The monoisotopic (exact) mass is 343 g/mol. The zero-order valence-corrected chi connectivity index (χ0v) is 13.1. The highest BCUT2D eigenvalue weighted by molar-refractivity contribution is 9.08. The third kappa shape index (κ3) is 2.59. The van der Waals surface area contributed by atoms with Crippen molar-refractivity contribution in [2.75, 3.05) is 11.4 Å². The Kier molecular flexibility index (Phi) is 4.29. The smallest absolute Gasteiger partial charge is 0.149 e. The van der Waals surface area contributed by atoms with Crippen LogP contribution < -0.4 is 4.90 Å². The van der Waals surface area contributed by atoms with Gasteiger partial charge in [0, 0.05) is 17.9 Å². The Labute approximate surface area is 127 Å². The van der Waals surface area contributed by atoms with Gasteiger partial charge in [-0.15, -0.1) is 0 Å². The molecule has 1 saturated carbocycles.